The van der Waals surface area contributed by atoms with E-state index in [0.717, 1.165) is 6.07 Å². The monoisotopic (exact) mass is 253 g/mol. The third kappa shape index (κ3) is 2.45. The van der Waals surface area contributed by atoms with Gasteiger partial charge in [-0.25, -0.2) is 4.39 Å². The molecule has 0 aliphatic rings. The number of anilines is 1. The van der Waals surface area contributed by atoms with Crippen LogP contribution in [0, 0.1) is 12.7 Å². The molecule has 1 amide bonds. The second-order valence-corrected chi connectivity index (χ2v) is 3.89. The highest BCUT2D eigenvalue weighted by Crippen LogP contribution is 2.23. The molecule has 0 aliphatic carbocycles. The van der Waals surface area contributed by atoms with Crippen molar-refractivity contribution in [3.05, 3.63) is 46.5 Å². The number of aryl methyl sites for hydroxylation is 1. The summed E-state index contributed by atoms with van der Waals surface area (Å²) in [5, 5.41) is 9.13. The number of nitrogens with one attached hydrogen (secondary N) is 2. The number of aromatic nitrogens is 2. The molecule has 88 valence electrons. The van der Waals surface area contributed by atoms with Gasteiger partial charge in [0.2, 0.25) is 0 Å². The Labute approximate surface area is 102 Å². The van der Waals surface area contributed by atoms with E-state index < -0.39 is 5.82 Å². The quantitative estimate of drug-likeness (QED) is 0.865. The average Bonchev–Trinajstić information content (AvgIpc) is 2.68. The summed E-state index contributed by atoms with van der Waals surface area (Å²) >= 11 is 5.80. The van der Waals surface area contributed by atoms with Crippen molar-refractivity contribution in [1.82, 2.24) is 10.2 Å². The first kappa shape index (κ1) is 11.6. The van der Waals surface area contributed by atoms with Crippen molar-refractivity contribution in [3.8, 4) is 0 Å². The second-order valence-electron chi connectivity index (χ2n) is 3.49. The van der Waals surface area contributed by atoms with Crippen LogP contribution in [0.2, 0.25) is 5.02 Å². The van der Waals surface area contributed by atoms with Crippen LogP contribution in [0.4, 0.5) is 10.1 Å². The Bertz CT molecular complexity index is 568. The van der Waals surface area contributed by atoms with E-state index in [0.29, 0.717) is 16.9 Å². The van der Waals surface area contributed by atoms with E-state index in [4.69, 9.17) is 11.6 Å². The number of H-pyrrole nitrogens is 1. The second kappa shape index (κ2) is 4.55. The number of hydrogen-bond donors (Lipinski definition) is 2. The number of halogens is 2. The van der Waals surface area contributed by atoms with Crippen LogP contribution in [-0.2, 0) is 0 Å². The minimum atomic E-state index is -0.451. The van der Waals surface area contributed by atoms with Crippen molar-refractivity contribution in [2.75, 3.05) is 5.32 Å². The molecular formula is C11H9ClFN3O. The number of aromatic amines is 1. The third-order valence-electron chi connectivity index (χ3n) is 2.25. The maximum atomic E-state index is 12.8. The van der Waals surface area contributed by atoms with Crippen molar-refractivity contribution < 1.29 is 9.18 Å². The van der Waals surface area contributed by atoms with Crippen molar-refractivity contribution in [3.63, 3.8) is 0 Å². The van der Waals surface area contributed by atoms with E-state index in [9.17, 15) is 9.18 Å². The van der Waals surface area contributed by atoms with Crippen molar-refractivity contribution >= 4 is 23.2 Å². The summed E-state index contributed by atoms with van der Waals surface area (Å²) in [6.45, 7) is 1.73. The number of hydrogen-bond acceptors (Lipinski definition) is 2. The Hall–Kier alpha value is -1.88. The first-order valence-corrected chi connectivity index (χ1v) is 5.22. The Morgan fingerprint density at radius 3 is 2.88 bits per heavy atom. The van der Waals surface area contributed by atoms with Crippen LogP contribution >= 0.6 is 11.6 Å². The molecule has 2 aromatic rings. The van der Waals surface area contributed by atoms with Gasteiger partial charge in [-0.1, -0.05) is 11.6 Å². The molecule has 1 aromatic carbocycles. The van der Waals surface area contributed by atoms with Gasteiger partial charge in [0.25, 0.3) is 5.91 Å². The third-order valence-corrected chi connectivity index (χ3v) is 2.57. The zero-order valence-corrected chi connectivity index (χ0v) is 9.68. The minimum Gasteiger partial charge on any atom is -0.321 e. The lowest BCUT2D eigenvalue weighted by Gasteiger charge is -2.06. The Morgan fingerprint density at radius 1 is 1.53 bits per heavy atom. The first-order valence-electron chi connectivity index (χ1n) is 4.84. The van der Waals surface area contributed by atoms with Crippen molar-refractivity contribution in [2.45, 2.75) is 6.92 Å². The van der Waals surface area contributed by atoms with E-state index in [1.54, 1.807) is 6.92 Å². The predicted molar refractivity (Wildman–Crippen MR) is 62.7 cm³/mol. The summed E-state index contributed by atoms with van der Waals surface area (Å²) in [4.78, 5) is 11.8. The molecule has 2 N–H and O–H groups in total. The number of amides is 1. The summed E-state index contributed by atoms with van der Waals surface area (Å²) in [5.41, 5.74) is 1.43. The Kier molecular flexibility index (Phi) is 3.10. The van der Waals surface area contributed by atoms with Crippen molar-refractivity contribution in [2.24, 2.45) is 0 Å². The maximum absolute atomic E-state index is 12.8. The van der Waals surface area contributed by atoms with Crippen LogP contribution in [0.25, 0.3) is 0 Å². The Morgan fingerprint density at radius 2 is 2.29 bits per heavy atom. The minimum absolute atomic E-state index is 0.152. The normalized spacial score (nSPS) is 10.3. The molecule has 0 radical (unpaired) electrons. The molecule has 1 heterocycles. The van der Waals surface area contributed by atoms with Gasteiger partial charge in [-0.05, 0) is 25.1 Å². The van der Waals surface area contributed by atoms with Gasteiger partial charge in [-0.15, -0.1) is 0 Å². The van der Waals surface area contributed by atoms with Gasteiger partial charge in [0.1, 0.15) is 5.82 Å². The fourth-order valence-corrected chi connectivity index (χ4v) is 1.57. The summed E-state index contributed by atoms with van der Waals surface area (Å²) in [7, 11) is 0. The zero-order valence-electron chi connectivity index (χ0n) is 8.92. The molecule has 2 rings (SSSR count). The molecule has 0 unspecified atom stereocenters. The lowest BCUT2D eigenvalue weighted by molar-refractivity contribution is 0.102. The van der Waals surface area contributed by atoms with Gasteiger partial charge in [0.15, 0.2) is 0 Å². The fourth-order valence-electron chi connectivity index (χ4n) is 1.36. The lowest BCUT2D eigenvalue weighted by atomic mass is 10.2. The molecule has 0 fully saturated rings. The molecule has 4 nitrogen and oxygen atoms in total. The number of nitrogens with zero attached hydrogens (tertiary/aromatic N) is 1. The summed E-state index contributed by atoms with van der Waals surface area (Å²) in [6, 6.07) is 3.77. The lowest BCUT2D eigenvalue weighted by Crippen LogP contribution is -2.12. The maximum Gasteiger partial charge on any atom is 0.259 e. The van der Waals surface area contributed by atoms with Crippen LogP contribution in [0.15, 0.2) is 24.4 Å². The highest BCUT2D eigenvalue weighted by atomic mass is 35.5. The van der Waals surface area contributed by atoms with Crippen LogP contribution in [0.3, 0.4) is 0 Å². The van der Waals surface area contributed by atoms with Crippen LogP contribution in [-0.4, -0.2) is 16.1 Å². The molecule has 0 atom stereocenters. The summed E-state index contributed by atoms with van der Waals surface area (Å²) in [6.07, 6.45) is 1.42. The van der Waals surface area contributed by atoms with E-state index in [2.05, 4.69) is 15.5 Å². The zero-order chi connectivity index (χ0) is 12.4. The van der Waals surface area contributed by atoms with Gasteiger partial charge in [0, 0.05) is 5.69 Å². The molecule has 0 bridgehead atoms. The topological polar surface area (TPSA) is 57.8 Å². The molecule has 0 saturated heterocycles. The largest absolute Gasteiger partial charge is 0.321 e. The predicted octanol–water partition coefficient (Wildman–Crippen LogP) is 2.76. The van der Waals surface area contributed by atoms with E-state index >= 15 is 0 Å². The van der Waals surface area contributed by atoms with Gasteiger partial charge in [-0.3, -0.25) is 9.89 Å². The molecule has 0 saturated carbocycles. The van der Waals surface area contributed by atoms with Gasteiger partial charge >= 0.3 is 0 Å². The number of benzene rings is 1. The molecule has 0 spiro atoms. The SMILES string of the molecule is Cc1[nH]ncc1C(=O)Nc1ccc(F)cc1Cl. The molecular weight excluding hydrogens is 245 g/mol. The van der Waals surface area contributed by atoms with E-state index in [1.807, 2.05) is 0 Å². The van der Waals surface area contributed by atoms with Gasteiger partial charge in [0.05, 0.1) is 22.5 Å². The smallest absolute Gasteiger partial charge is 0.259 e. The molecule has 1 aromatic heterocycles. The van der Waals surface area contributed by atoms with Gasteiger partial charge < -0.3 is 5.32 Å². The fraction of sp³-hybridized carbons (Fsp3) is 0.0909. The number of carbonyl (C=O) groups is 1. The van der Waals surface area contributed by atoms with Crippen LogP contribution < -0.4 is 5.32 Å². The van der Waals surface area contributed by atoms with E-state index in [1.165, 1.54) is 18.3 Å². The van der Waals surface area contributed by atoms with Gasteiger partial charge in [-0.2, -0.15) is 5.10 Å². The molecule has 0 aliphatic heterocycles. The average molecular weight is 254 g/mol. The van der Waals surface area contributed by atoms with Crippen molar-refractivity contribution in [1.29, 1.82) is 0 Å². The first-order chi connectivity index (χ1) is 8.08. The van der Waals surface area contributed by atoms with Crippen LogP contribution in [0.5, 0.6) is 0 Å². The van der Waals surface area contributed by atoms with E-state index in [-0.39, 0.29) is 10.9 Å². The standard InChI is InChI=1S/C11H9ClFN3O/c1-6-8(5-14-16-6)11(17)15-10-3-2-7(13)4-9(10)12/h2-5H,1H3,(H,14,16)(H,15,17). The van der Waals surface area contributed by atoms with Crippen LogP contribution in [0.1, 0.15) is 16.1 Å². The Balaban J connectivity index is 2.22. The molecule has 17 heavy (non-hydrogen) atoms. The molecule has 6 heteroatoms. The summed E-state index contributed by atoms with van der Waals surface area (Å²) in [5.74, 6) is -0.794. The summed E-state index contributed by atoms with van der Waals surface area (Å²) < 4.78 is 12.8. The number of carbonyl (C=O) groups excluding carboxylic acids is 1. The highest BCUT2D eigenvalue weighted by molar-refractivity contribution is 6.33. The highest BCUT2D eigenvalue weighted by Gasteiger charge is 2.12. The number of rotatable bonds is 2.